The fourth-order valence-electron chi connectivity index (χ4n) is 1.71. The van der Waals surface area contributed by atoms with Crippen molar-refractivity contribution >= 4 is 11.6 Å². The number of benzene rings is 1. The van der Waals surface area contributed by atoms with Gasteiger partial charge in [-0.05, 0) is 30.7 Å². The van der Waals surface area contributed by atoms with Crippen molar-refractivity contribution in [1.29, 1.82) is 0 Å². The van der Waals surface area contributed by atoms with Gasteiger partial charge in [-0.3, -0.25) is 9.48 Å². The minimum atomic E-state index is -0.186. The van der Waals surface area contributed by atoms with Crippen molar-refractivity contribution in [3.8, 4) is 11.8 Å². The molecule has 5 heteroatoms. The van der Waals surface area contributed by atoms with Gasteiger partial charge in [0.1, 0.15) is 13.2 Å². The lowest BCUT2D eigenvalue weighted by molar-refractivity contribution is -0.116. The van der Waals surface area contributed by atoms with E-state index in [4.69, 9.17) is 5.11 Å². The van der Waals surface area contributed by atoms with Crippen LogP contribution in [-0.4, -0.2) is 27.4 Å². The number of aliphatic hydroxyl groups excluding tert-OH is 1. The molecule has 0 spiro atoms. The van der Waals surface area contributed by atoms with Gasteiger partial charge in [-0.2, -0.15) is 5.10 Å². The van der Waals surface area contributed by atoms with Crippen LogP contribution < -0.4 is 5.32 Å². The first-order chi connectivity index (χ1) is 9.69. The van der Waals surface area contributed by atoms with Crippen molar-refractivity contribution in [2.24, 2.45) is 0 Å². The van der Waals surface area contributed by atoms with Gasteiger partial charge in [-0.15, -0.1) is 0 Å². The lowest BCUT2D eigenvalue weighted by atomic mass is 10.1. The molecule has 0 atom stereocenters. The summed E-state index contributed by atoms with van der Waals surface area (Å²) in [5.74, 6) is 5.24. The fraction of sp³-hybridized carbons (Fsp3) is 0.200. The Morgan fingerprint density at radius 2 is 2.35 bits per heavy atom. The van der Waals surface area contributed by atoms with Crippen molar-refractivity contribution < 1.29 is 9.90 Å². The zero-order chi connectivity index (χ0) is 14.4. The van der Waals surface area contributed by atoms with E-state index in [9.17, 15) is 4.79 Å². The maximum atomic E-state index is 11.9. The standard InChI is InChI=1S/C15H15N3O2/c1-12-5-6-13(4-2-9-19)10-14(12)17-15(20)11-18-8-3-7-16-18/h3,5-8,10,19H,9,11H2,1H3,(H,17,20). The van der Waals surface area contributed by atoms with Crippen LogP contribution in [0.2, 0.25) is 0 Å². The maximum Gasteiger partial charge on any atom is 0.246 e. The highest BCUT2D eigenvalue weighted by molar-refractivity contribution is 5.91. The molecule has 0 radical (unpaired) electrons. The third-order valence-electron chi connectivity index (χ3n) is 2.69. The molecule has 0 fully saturated rings. The Hall–Kier alpha value is -2.58. The largest absolute Gasteiger partial charge is 0.384 e. The van der Waals surface area contributed by atoms with Gasteiger partial charge in [0.2, 0.25) is 5.91 Å². The van der Waals surface area contributed by atoms with Crippen LogP contribution in [0.3, 0.4) is 0 Å². The molecule has 0 unspecified atom stereocenters. The summed E-state index contributed by atoms with van der Waals surface area (Å²) in [5.41, 5.74) is 2.42. The van der Waals surface area contributed by atoms with E-state index in [0.29, 0.717) is 5.69 Å². The van der Waals surface area contributed by atoms with E-state index in [0.717, 1.165) is 11.1 Å². The average molecular weight is 269 g/mol. The number of aryl methyl sites for hydroxylation is 1. The summed E-state index contributed by atoms with van der Waals surface area (Å²) in [6.07, 6.45) is 3.36. The molecular formula is C15H15N3O2. The molecule has 2 N–H and O–H groups in total. The van der Waals surface area contributed by atoms with Gasteiger partial charge >= 0.3 is 0 Å². The van der Waals surface area contributed by atoms with Crippen molar-refractivity contribution in [1.82, 2.24) is 9.78 Å². The van der Waals surface area contributed by atoms with Crippen LogP contribution in [0.5, 0.6) is 0 Å². The Bertz CT molecular complexity index is 651. The average Bonchev–Trinajstić information content (AvgIpc) is 2.92. The Morgan fingerprint density at radius 3 is 3.05 bits per heavy atom. The minimum Gasteiger partial charge on any atom is -0.384 e. The number of carbonyl (C=O) groups excluding carboxylic acids is 1. The van der Waals surface area contributed by atoms with Gasteiger partial charge in [-0.1, -0.05) is 17.9 Å². The second kappa shape index (κ2) is 6.55. The van der Waals surface area contributed by atoms with Gasteiger partial charge in [0.15, 0.2) is 0 Å². The van der Waals surface area contributed by atoms with Crippen molar-refractivity contribution in [3.63, 3.8) is 0 Å². The van der Waals surface area contributed by atoms with E-state index >= 15 is 0 Å². The van der Waals surface area contributed by atoms with E-state index in [-0.39, 0.29) is 19.1 Å². The highest BCUT2D eigenvalue weighted by atomic mass is 16.2. The highest BCUT2D eigenvalue weighted by Gasteiger charge is 2.06. The number of carbonyl (C=O) groups is 1. The molecule has 0 bridgehead atoms. The third kappa shape index (κ3) is 3.70. The number of rotatable bonds is 3. The third-order valence-corrected chi connectivity index (χ3v) is 2.69. The summed E-state index contributed by atoms with van der Waals surface area (Å²) in [5, 5.41) is 15.5. The smallest absolute Gasteiger partial charge is 0.246 e. The van der Waals surface area contributed by atoms with Crippen LogP contribution in [0.1, 0.15) is 11.1 Å². The zero-order valence-corrected chi connectivity index (χ0v) is 11.1. The Kier molecular flexibility index (Phi) is 4.53. The lowest BCUT2D eigenvalue weighted by Crippen LogP contribution is -2.19. The number of aliphatic hydroxyl groups is 1. The number of amides is 1. The van der Waals surface area contributed by atoms with E-state index in [1.54, 1.807) is 29.2 Å². The molecule has 2 rings (SSSR count). The molecule has 102 valence electrons. The number of aromatic nitrogens is 2. The van der Waals surface area contributed by atoms with Crippen LogP contribution in [0.15, 0.2) is 36.7 Å². The SMILES string of the molecule is Cc1ccc(C#CCO)cc1NC(=O)Cn1cccn1. The van der Waals surface area contributed by atoms with E-state index in [2.05, 4.69) is 22.3 Å². The molecule has 2 aromatic rings. The van der Waals surface area contributed by atoms with E-state index < -0.39 is 0 Å². The van der Waals surface area contributed by atoms with Gasteiger partial charge < -0.3 is 10.4 Å². The van der Waals surface area contributed by atoms with Crippen LogP contribution in [0.25, 0.3) is 0 Å². The molecule has 0 aliphatic heterocycles. The van der Waals surface area contributed by atoms with E-state index in [1.807, 2.05) is 19.1 Å². The van der Waals surface area contributed by atoms with Crippen LogP contribution in [0.4, 0.5) is 5.69 Å². The Balaban J connectivity index is 2.09. The topological polar surface area (TPSA) is 67.2 Å². The second-order valence-corrected chi connectivity index (χ2v) is 4.24. The predicted molar refractivity (Wildman–Crippen MR) is 76.0 cm³/mol. The summed E-state index contributed by atoms with van der Waals surface area (Å²) < 4.78 is 1.56. The molecule has 5 nitrogen and oxygen atoms in total. The second-order valence-electron chi connectivity index (χ2n) is 4.24. The molecule has 1 aromatic carbocycles. The molecular weight excluding hydrogens is 254 g/mol. The summed E-state index contributed by atoms with van der Waals surface area (Å²) in [6, 6.07) is 7.29. The van der Waals surface area contributed by atoms with Crippen LogP contribution in [0, 0.1) is 18.8 Å². The van der Waals surface area contributed by atoms with Crippen LogP contribution in [-0.2, 0) is 11.3 Å². The number of hydrogen-bond acceptors (Lipinski definition) is 3. The first-order valence-electron chi connectivity index (χ1n) is 6.16. The maximum absolute atomic E-state index is 11.9. The molecule has 1 amide bonds. The zero-order valence-electron chi connectivity index (χ0n) is 11.1. The Morgan fingerprint density at radius 1 is 1.50 bits per heavy atom. The molecule has 0 aliphatic rings. The minimum absolute atomic E-state index is 0.149. The molecule has 0 saturated heterocycles. The van der Waals surface area contributed by atoms with E-state index in [1.165, 1.54) is 0 Å². The number of hydrogen-bond donors (Lipinski definition) is 2. The Labute approximate surface area is 117 Å². The van der Waals surface area contributed by atoms with Gasteiger partial charge in [-0.25, -0.2) is 0 Å². The molecule has 0 aliphatic carbocycles. The summed E-state index contributed by atoms with van der Waals surface area (Å²) in [4.78, 5) is 11.9. The van der Waals surface area contributed by atoms with Crippen molar-refractivity contribution in [2.75, 3.05) is 11.9 Å². The van der Waals surface area contributed by atoms with Gasteiger partial charge in [0.25, 0.3) is 0 Å². The number of nitrogens with zero attached hydrogens (tertiary/aromatic N) is 2. The highest BCUT2D eigenvalue weighted by Crippen LogP contribution is 2.16. The number of anilines is 1. The molecule has 0 saturated carbocycles. The first-order valence-corrected chi connectivity index (χ1v) is 6.16. The van der Waals surface area contributed by atoms with Gasteiger partial charge in [0, 0.05) is 23.6 Å². The summed E-state index contributed by atoms with van der Waals surface area (Å²) in [7, 11) is 0. The summed E-state index contributed by atoms with van der Waals surface area (Å²) >= 11 is 0. The normalized spacial score (nSPS) is 9.70. The lowest BCUT2D eigenvalue weighted by Gasteiger charge is -2.09. The predicted octanol–water partition coefficient (Wildman–Crippen LogP) is 1.17. The van der Waals surface area contributed by atoms with Crippen molar-refractivity contribution in [3.05, 3.63) is 47.8 Å². The van der Waals surface area contributed by atoms with Crippen LogP contribution >= 0.6 is 0 Å². The summed E-state index contributed by atoms with van der Waals surface area (Å²) in [6.45, 7) is 1.89. The van der Waals surface area contributed by atoms with Crippen molar-refractivity contribution in [2.45, 2.75) is 13.5 Å². The molecule has 1 heterocycles. The molecule has 1 aromatic heterocycles. The fourth-order valence-corrected chi connectivity index (χ4v) is 1.71. The number of nitrogens with one attached hydrogen (secondary N) is 1. The molecule has 20 heavy (non-hydrogen) atoms. The monoisotopic (exact) mass is 269 g/mol. The van der Waals surface area contributed by atoms with Gasteiger partial charge in [0.05, 0.1) is 0 Å². The first kappa shape index (κ1) is 13.8. The quantitative estimate of drug-likeness (QED) is 0.822.